The molecule has 0 aliphatic carbocycles. The molecule has 2 heterocycles. The van der Waals surface area contributed by atoms with Crippen molar-refractivity contribution in [2.24, 2.45) is 5.92 Å². The highest BCUT2D eigenvalue weighted by molar-refractivity contribution is 5.97. The lowest BCUT2D eigenvalue weighted by Gasteiger charge is -2.30. The minimum atomic E-state index is -0.898. The fourth-order valence-corrected chi connectivity index (χ4v) is 3.51. The van der Waals surface area contributed by atoms with Crippen LogP contribution in [0.15, 0.2) is 18.2 Å². The zero-order valence-corrected chi connectivity index (χ0v) is 15.4. The van der Waals surface area contributed by atoms with Crippen molar-refractivity contribution in [3.05, 3.63) is 29.6 Å². The summed E-state index contributed by atoms with van der Waals surface area (Å²) in [5.41, 5.74) is 0.167. The summed E-state index contributed by atoms with van der Waals surface area (Å²) in [5, 5.41) is 15.9. The highest BCUT2D eigenvalue weighted by atomic mass is 19.1. The number of carboxylic acids is 1. The standard InChI is InChI=1S/C17H21FN2O5.CH2O2/c1-24-15-3-2-12(18)4-14(15)17(23)20-6-11-5-19(8-16(21)22)7-13(20)10-25-9-11;2-1-3/h2-4,11,13H,5-10H2,1H3,(H,21,22);1H,(H,2,3)/t11-,13-;/m0./s1. The second-order valence-corrected chi connectivity index (χ2v) is 6.55. The van der Waals surface area contributed by atoms with Crippen LogP contribution in [0.1, 0.15) is 10.4 Å². The number of nitrogens with zero attached hydrogens (tertiary/aromatic N) is 2. The van der Waals surface area contributed by atoms with Crippen molar-refractivity contribution in [1.29, 1.82) is 0 Å². The Morgan fingerprint density at radius 1 is 1.32 bits per heavy atom. The topological polar surface area (TPSA) is 117 Å². The second kappa shape index (κ2) is 10.00. The number of fused-ring (bicyclic) bond motifs is 3. The normalized spacial score (nSPS) is 21.7. The number of halogens is 1. The number of hydrogen-bond acceptors (Lipinski definition) is 6. The Kier molecular flexibility index (Phi) is 7.70. The first-order chi connectivity index (χ1) is 13.4. The van der Waals surface area contributed by atoms with E-state index in [-0.39, 0.29) is 36.4 Å². The van der Waals surface area contributed by atoms with Gasteiger partial charge in [0.25, 0.3) is 12.4 Å². The smallest absolute Gasteiger partial charge is 0.317 e. The number of carbonyl (C=O) groups excluding carboxylic acids is 1. The summed E-state index contributed by atoms with van der Waals surface area (Å²) in [4.78, 5) is 35.9. The summed E-state index contributed by atoms with van der Waals surface area (Å²) in [6, 6.07) is 3.56. The lowest BCUT2D eigenvalue weighted by molar-refractivity contribution is -0.138. The van der Waals surface area contributed by atoms with Crippen LogP contribution in [0, 0.1) is 11.7 Å². The van der Waals surface area contributed by atoms with E-state index in [0.717, 1.165) is 0 Å². The van der Waals surface area contributed by atoms with Gasteiger partial charge in [0.1, 0.15) is 11.6 Å². The largest absolute Gasteiger partial charge is 0.496 e. The maximum Gasteiger partial charge on any atom is 0.317 e. The van der Waals surface area contributed by atoms with Crippen LogP contribution in [-0.4, -0.2) is 90.9 Å². The number of amides is 1. The van der Waals surface area contributed by atoms with Gasteiger partial charge in [0, 0.05) is 25.6 Å². The van der Waals surface area contributed by atoms with Gasteiger partial charge < -0.3 is 24.6 Å². The van der Waals surface area contributed by atoms with E-state index in [1.165, 1.54) is 25.3 Å². The fourth-order valence-electron chi connectivity index (χ4n) is 3.51. The van der Waals surface area contributed by atoms with Gasteiger partial charge in [-0.3, -0.25) is 19.3 Å². The molecule has 2 N–H and O–H groups in total. The van der Waals surface area contributed by atoms with Gasteiger partial charge in [-0.15, -0.1) is 0 Å². The van der Waals surface area contributed by atoms with Crippen molar-refractivity contribution >= 4 is 18.3 Å². The quantitative estimate of drug-likeness (QED) is 0.700. The molecule has 1 amide bonds. The third-order valence-electron chi connectivity index (χ3n) is 4.56. The summed E-state index contributed by atoms with van der Waals surface area (Å²) < 4.78 is 24.5. The Morgan fingerprint density at radius 2 is 2.04 bits per heavy atom. The molecule has 28 heavy (non-hydrogen) atoms. The molecule has 0 spiro atoms. The molecule has 0 saturated carbocycles. The van der Waals surface area contributed by atoms with E-state index in [1.54, 1.807) is 4.90 Å². The first kappa shape index (κ1) is 21.6. The Hall–Kier alpha value is -2.72. The molecule has 0 unspecified atom stereocenters. The van der Waals surface area contributed by atoms with E-state index in [9.17, 15) is 14.0 Å². The van der Waals surface area contributed by atoms with Gasteiger partial charge in [-0.1, -0.05) is 0 Å². The molecule has 2 saturated heterocycles. The molecular weight excluding hydrogens is 375 g/mol. The molecule has 1 aromatic carbocycles. The van der Waals surface area contributed by atoms with Crippen LogP contribution in [0.5, 0.6) is 5.75 Å². The highest BCUT2D eigenvalue weighted by Gasteiger charge is 2.37. The lowest BCUT2D eigenvalue weighted by atomic mass is 10.1. The molecule has 10 heteroatoms. The van der Waals surface area contributed by atoms with Crippen LogP contribution in [-0.2, 0) is 14.3 Å². The van der Waals surface area contributed by atoms with Gasteiger partial charge in [-0.2, -0.15) is 0 Å². The van der Waals surface area contributed by atoms with Crippen LogP contribution in [0.3, 0.4) is 0 Å². The summed E-state index contributed by atoms with van der Waals surface area (Å²) in [7, 11) is 1.43. The number of aliphatic carboxylic acids is 1. The van der Waals surface area contributed by atoms with Gasteiger partial charge >= 0.3 is 5.97 Å². The van der Waals surface area contributed by atoms with Crippen LogP contribution in [0.2, 0.25) is 0 Å². The Balaban J connectivity index is 0.000000878. The summed E-state index contributed by atoms with van der Waals surface area (Å²) >= 11 is 0. The zero-order valence-electron chi connectivity index (χ0n) is 15.4. The van der Waals surface area contributed by atoms with E-state index < -0.39 is 11.8 Å². The van der Waals surface area contributed by atoms with Gasteiger partial charge in [0.05, 0.1) is 38.5 Å². The number of hydrogen-bond donors (Lipinski definition) is 2. The highest BCUT2D eigenvalue weighted by Crippen LogP contribution is 2.26. The molecule has 0 radical (unpaired) electrons. The average Bonchev–Trinajstić information content (AvgIpc) is 2.92. The number of methoxy groups -OCH3 is 1. The summed E-state index contributed by atoms with van der Waals surface area (Å²) in [5.74, 6) is -1.41. The number of ether oxygens (including phenoxy) is 2. The van der Waals surface area contributed by atoms with Crippen molar-refractivity contribution in [1.82, 2.24) is 9.80 Å². The number of carbonyl (C=O) groups is 3. The molecule has 0 aromatic heterocycles. The number of rotatable bonds is 4. The van der Waals surface area contributed by atoms with Crippen LogP contribution in [0.25, 0.3) is 0 Å². The molecule has 2 aliphatic heterocycles. The maximum atomic E-state index is 13.6. The zero-order chi connectivity index (χ0) is 20.7. The predicted octanol–water partition coefficient (Wildman–Crippen LogP) is 0.393. The minimum absolute atomic E-state index is 0.00959. The van der Waals surface area contributed by atoms with Gasteiger partial charge in [0.2, 0.25) is 0 Å². The van der Waals surface area contributed by atoms with Crippen molar-refractivity contribution in [2.45, 2.75) is 6.04 Å². The van der Waals surface area contributed by atoms with Crippen molar-refractivity contribution in [2.75, 3.05) is 46.5 Å². The van der Waals surface area contributed by atoms with Crippen molar-refractivity contribution in [3.63, 3.8) is 0 Å². The van der Waals surface area contributed by atoms with E-state index in [0.29, 0.717) is 38.6 Å². The van der Waals surface area contributed by atoms with Crippen molar-refractivity contribution in [3.8, 4) is 5.75 Å². The van der Waals surface area contributed by atoms with E-state index in [4.69, 9.17) is 24.5 Å². The molecule has 154 valence electrons. The molecule has 9 nitrogen and oxygen atoms in total. The Morgan fingerprint density at radius 3 is 2.68 bits per heavy atom. The average molecular weight is 398 g/mol. The third kappa shape index (κ3) is 5.40. The SMILES string of the molecule is COc1ccc(F)cc1C(=O)N1C[C@H]2COC[C@@H]1CN(CC(=O)O)C2.O=CO. The molecular formula is C18H23FN2O7. The summed E-state index contributed by atoms with van der Waals surface area (Å²) in [6.45, 7) is 1.88. The molecule has 2 atom stereocenters. The first-order valence-electron chi connectivity index (χ1n) is 8.63. The monoisotopic (exact) mass is 398 g/mol. The Labute approximate surface area is 161 Å². The molecule has 2 fully saturated rings. The van der Waals surface area contributed by atoms with E-state index in [1.807, 2.05) is 4.90 Å². The van der Waals surface area contributed by atoms with Crippen LogP contribution >= 0.6 is 0 Å². The minimum Gasteiger partial charge on any atom is -0.496 e. The lowest BCUT2D eigenvalue weighted by Crippen LogP contribution is -2.47. The van der Waals surface area contributed by atoms with Crippen molar-refractivity contribution < 1.29 is 38.5 Å². The molecule has 3 rings (SSSR count). The maximum absolute atomic E-state index is 13.6. The Bertz CT molecular complexity index is 715. The fraction of sp³-hybridized carbons (Fsp3) is 0.500. The van der Waals surface area contributed by atoms with Gasteiger partial charge in [-0.05, 0) is 18.2 Å². The van der Waals surface area contributed by atoms with Crippen LogP contribution in [0.4, 0.5) is 4.39 Å². The first-order valence-corrected chi connectivity index (χ1v) is 8.63. The van der Waals surface area contributed by atoms with Crippen LogP contribution < -0.4 is 4.74 Å². The second-order valence-electron chi connectivity index (χ2n) is 6.55. The third-order valence-corrected chi connectivity index (χ3v) is 4.56. The van der Waals surface area contributed by atoms with E-state index >= 15 is 0 Å². The molecule has 2 bridgehead atoms. The van der Waals surface area contributed by atoms with E-state index in [2.05, 4.69) is 0 Å². The molecule has 1 aromatic rings. The molecule has 2 aliphatic rings. The van der Waals surface area contributed by atoms with Gasteiger partial charge in [0.15, 0.2) is 0 Å². The number of benzene rings is 1. The van der Waals surface area contributed by atoms with Gasteiger partial charge in [-0.25, -0.2) is 4.39 Å². The predicted molar refractivity (Wildman–Crippen MR) is 94.9 cm³/mol. The number of carboxylic acid groups (broad SMARTS) is 2. The summed E-state index contributed by atoms with van der Waals surface area (Å²) in [6.07, 6.45) is 0.